The minimum atomic E-state index is -3.91. The van der Waals surface area contributed by atoms with Gasteiger partial charge in [0, 0.05) is 15.6 Å². The molecule has 1 N–H and O–H groups in total. The van der Waals surface area contributed by atoms with Crippen LogP contribution in [-0.2, 0) is 23.1 Å². The number of rotatable bonds is 7. The number of hydrogen-bond acceptors (Lipinski definition) is 7. The number of halogens is 2. The molecule has 5 rings (SSSR count). The first-order chi connectivity index (χ1) is 16.8. The maximum absolute atomic E-state index is 12.9. The molecular weight excluding hydrogens is 531 g/mol. The summed E-state index contributed by atoms with van der Waals surface area (Å²) in [5.74, 6) is 0.396. The second-order valence-electron chi connectivity index (χ2n) is 7.52. The van der Waals surface area contributed by atoms with Crippen LogP contribution in [0.4, 0.5) is 0 Å². The maximum atomic E-state index is 12.9. The van der Waals surface area contributed by atoms with Crippen LogP contribution in [0.25, 0.3) is 21.6 Å². The molecule has 0 aliphatic rings. The Hall–Kier alpha value is -3.02. The number of fused-ring (bicyclic) bond motifs is 1. The SMILES string of the molecule is O=c1sc2cc(S(=O)(=O)NCc3nc(-c4cccc(Cl)c4)no3)ccc2n1Cc1ccccc1Cl. The molecule has 0 bridgehead atoms. The molecule has 0 spiro atoms. The monoisotopic (exact) mass is 546 g/mol. The molecule has 0 amide bonds. The van der Waals surface area contributed by atoms with Gasteiger partial charge in [0.25, 0.3) is 0 Å². The van der Waals surface area contributed by atoms with Crippen LogP contribution in [0, 0.1) is 0 Å². The van der Waals surface area contributed by atoms with Crippen molar-refractivity contribution in [3.05, 3.63) is 97.9 Å². The zero-order chi connectivity index (χ0) is 24.6. The Morgan fingerprint density at radius 2 is 1.86 bits per heavy atom. The van der Waals surface area contributed by atoms with Crippen molar-refractivity contribution in [1.29, 1.82) is 0 Å². The molecule has 2 aromatic heterocycles. The first-order valence-corrected chi connectivity index (χ1v) is 13.3. The van der Waals surface area contributed by atoms with Crippen LogP contribution in [0.2, 0.25) is 10.0 Å². The normalized spacial score (nSPS) is 11.8. The van der Waals surface area contributed by atoms with Crippen molar-refractivity contribution < 1.29 is 12.9 Å². The smallest absolute Gasteiger partial charge is 0.308 e. The van der Waals surface area contributed by atoms with Crippen LogP contribution in [0.15, 0.2) is 80.9 Å². The number of hydrogen-bond donors (Lipinski definition) is 1. The summed E-state index contributed by atoms with van der Waals surface area (Å²) in [5.41, 5.74) is 2.07. The van der Waals surface area contributed by atoms with Gasteiger partial charge in [0.15, 0.2) is 0 Å². The van der Waals surface area contributed by atoms with Crippen molar-refractivity contribution >= 4 is 54.8 Å². The third kappa shape index (κ3) is 5.02. The molecule has 0 radical (unpaired) electrons. The van der Waals surface area contributed by atoms with Gasteiger partial charge in [-0.05, 0) is 42.0 Å². The molecule has 0 unspecified atom stereocenters. The van der Waals surface area contributed by atoms with Gasteiger partial charge < -0.3 is 4.52 Å². The fourth-order valence-electron chi connectivity index (χ4n) is 3.47. The fraction of sp³-hybridized carbons (Fsp3) is 0.0870. The van der Waals surface area contributed by atoms with E-state index >= 15 is 0 Å². The van der Waals surface area contributed by atoms with Gasteiger partial charge in [0.2, 0.25) is 21.7 Å². The van der Waals surface area contributed by atoms with Crippen molar-refractivity contribution in [1.82, 2.24) is 19.4 Å². The van der Waals surface area contributed by atoms with Crippen LogP contribution in [0.3, 0.4) is 0 Å². The topological polar surface area (TPSA) is 107 Å². The Morgan fingerprint density at radius 1 is 1.03 bits per heavy atom. The van der Waals surface area contributed by atoms with E-state index in [1.165, 1.54) is 12.1 Å². The zero-order valence-corrected chi connectivity index (χ0v) is 21.0. The zero-order valence-electron chi connectivity index (χ0n) is 17.8. The molecule has 0 saturated heterocycles. The van der Waals surface area contributed by atoms with Gasteiger partial charge in [-0.1, -0.05) is 70.0 Å². The number of benzene rings is 3. The first kappa shape index (κ1) is 23.7. The van der Waals surface area contributed by atoms with E-state index in [0.29, 0.717) is 31.6 Å². The van der Waals surface area contributed by atoms with Crippen molar-refractivity contribution in [2.75, 3.05) is 0 Å². The highest BCUT2D eigenvalue weighted by Crippen LogP contribution is 2.25. The number of nitrogens with zero attached hydrogens (tertiary/aromatic N) is 3. The van der Waals surface area contributed by atoms with Gasteiger partial charge in [-0.25, -0.2) is 13.1 Å². The van der Waals surface area contributed by atoms with Gasteiger partial charge in [-0.2, -0.15) is 4.98 Å². The summed E-state index contributed by atoms with van der Waals surface area (Å²) in [6.07, 6.45) is 0. The van der Waals surface area contributed by atoms with Gasteiger partial charge in [0.1, 0.15) is 0 Å². The summed E-state index contributed by atoms with van der Waals surface area (Å²) in [6, 6.07) is 18.7. The van der Waals surface area contributed by atoms with E-state index in [2.05, 4.69) is 14.9 Å². The van der Waals surface area contributed by atoms with E-state index in [1.54, 1.807) is 41.0 Å². The minimum absolute atomic E-state index is 0.0192. The Bertz CT molecular complexity index is 1710. The summed E-state index contributed by atoms with van der Waals surface area (Å²) in [7, 11) is -3.91. The lowest BCUT2D eigenvalue weighted by Gasteiger charge is -2.07. The summed E-state index contributed by atoms with van der Waals surface area (Å²) in [5, 5.41) is 4.95. The van der Waals surface area contributed by atoms with E-state index in [0.717, 1.165) is 16.9 Å². The van der Waals surface area contributed by atoms with E-state index in [-0.39, 0.29) is 28.7 Å². The summed E-state index contributed by atoms with van der Waals surface area (Å²) >= 11 is 13.2. The second-order valence-corrected chi connectivity index (χ2v) is 11.1. The van der Waals surface area contributed by atoms with Crippen molar-refractivity contribution in [2.24, 2.45) is 0 Å². The predicted molar refractivity (Wildman–Crippen MR) is 135 cm³/mol. The molecule has 8 nitrogen and oxygen atoms in total. The highest BCUT2D eigenvalue weighted by molar-refractivity contribution is 7.89. The molecule has 12 heteroatoms. The van der Waals surface area contributed by atoms with Gasteiger partial charge in [-0.3, -0.25) is 9.36 Å². The van der Waals surface area contributed by atoms with Crippen molar-refractivity contribution in [3.8, 4) is 11.4 Å². The van der Waals surface area contributed by atoms with Gasteiger partial charge >= 0.3 is 4.87 Å². The Balaban J connectivity index is 1.35. The van der Waals surface area contributed by atoms with Crippen LogP contribution in [0.1, 0.15) is 11.5 Å². The summed E-state index contributed by atoms with van der Waals surface area (Å²) < 4.78 is 35.5. The maximum Gasteiger partial charge on any atom is 0.308 e. The number of nitrogens with one attached hydrogen (secondary N) is 1. The molecule has 0 aliphatic heterocycles. The van der Waals surface area contributed by atoms with Crippen LogP contribution in [0.5, 0.6) is 0 Å². The lowest BCUT2D eigenvalue weighted by molar-refractivity contribution is 0.376. The first-order valence-electron chi connectivity index (χ1n) is 10.3. The van der Waals surface area contributed by atoms with Gasteiger partial charge in [0.05, 0.1) is 28.2 Å². The highest BCUT2D eigenvalue weighted by Gasteiger charge is 2.19. The van der Waals surface area contributed by atoms with Gasteiger partial charge in [-0.15, -0.1) is 0 Å². The lowest BCUT2D eigenvalue weighted by atomic mass is 10.2. The summed E-state index contributed by atoms with van der Waals surface area (Å²) in [4.78, 5) is 16.6. The molecule has 5 aromatic rings. The molecule has 0 atom stereocenters. The minimum Gasteiger partial charge on any atom is -0.338 e. The Labute approximate surface area is 213 Å². The molecule has 0 aliphatic carbocycles. The van der Waals surface area contributed by atoms with Crippen molar-refractivity contribution in [2.45, 2.75) is 18.0 Å². The van der Waals surface area contributed by atoms with Crippen LogP contribution < -0.4 is 9.60 Å². The molecule has 35 heavy (non-hydrogen) atoms. The number of sulfonamides is 1. The lowest BCUT2D eigenvalue weighted by Crippen LogP contribution is -2.23. The average Bonchev–Trinajstić information content (AvgIpc) is 3.43. The van der Waals surface area contributed by atoms with E-state index in [4.69, 9.17) is 27.7 Å². The van der Waals surface area contributed by atoms with Crippen molar-refractivity contribution in [3.63, 3.8) is 0 Å². The third-order valence-electron chi connectivity index (χ3n) is 5.20. The number of thiazole rings is 1. The molecule has 3 aromatic carbocycles. The Kier molecular flexibility index (Phi) is 6.47. The second kappa shape index (κ2) is 9.56. The predicted octanol–water partition coefficient (Wildman–Crippen LogP) is 4.95. The molecule has 0 saturated carbocycles. The number of aromatic nitrogens is 3. The van der Waals surface area contributed by atoms with Crippen LogP contribution in [-0.4, -0.2) is 23.1 Å². The largest absolute Gasteiger partial charge is 0.338 e. The molecule has 2 heterocycles. The van der Waals surface area contributed by atoms with Crippen LogP contribution >= 0.6 is 34.5 Å². The van der Waals surface area contributed by atoms with E-state index < -0.39 is 10.0 Å². The highest BCUT2D eigenvalue weighted by atomic mass is 35.5. The van der Waals surface area contributed by atoms with E-state index in [9.17, 15) is 13.2 Å². The Morgan fingerprint density at radius 3 is 2.66 bits per heavy atom. The average molecular weight is 547 g/mol. The fourth-order valence-corrected chi connectivity index (χ4v) is 5.86. The third-order valence-corrected chi connectivity index (χ3v) is 8.15. The molecule has 0 fully saturated rings. The molecule has 178 valence electrons. The summed E-state index contributed by atoms with van der Waals surface area (Å²) in [6.45, 7) is 0.0899. The quantitative estimate of drug-likeness (QED) is 0.309. The van der Waals surface area contributed by atoms with E-state index in [1.807, 2.05) is 18.2 Å². The standard InChI is InChI=1S/C23H16Cl2N4O4S2/c24-16-6-3-5-14(10-16)22-27-21(33-28-22)12-26-35(31,32)17-8-9-19-20(11-17)34-23(30)29(19)13-15-4-1-2-7-18(15)25/h1-11,26H,12-13H2. The molecular formula is C23H16Cl2N4O4S2.